The number of carbonyl (C=O) groups is 1. The Morgan fingerprint density at radius 3 is 2.25 bits per heavy atom. The summed E-state index contributed by atoms with van der Waals surface area (Å²) in [6.07, 6.45) is 2.78. The molecule has 0 bridgehead atoms. The van der Waals surface area contributed by atoms with E-state index in [0.717, 1.165) is 31.4 Å². The SMILES string of the molecule is CCCCC(CN)NC(=O)c1ccc(S(=O)(=O)Nc2ccc(F)cc2)cc1.Cl. The number of hydrogen-bond donors (Lipinski definition) is 3. The van der Waals surface area contributed by atoms with Crippen LogP contribution in [0.3, 0.4) is 0 Å². The number of carbonyl (C=O) groups excluding carboxylic acids is 1. The van der Waals surface area contributed by atoms with Crippen LogP contribution < -0.4 is 15.8 Å². The zero-order chi connectivity index (χ0) is 19.9. The van der Waals surface area contributed by atoms with Crippen LogP contribution in [0.1, 0.15) is 36.5 Å². The van der Waals surface area contributed by atoms with Gasteiger partial charge in [0, 0.05) is 23.8 Å². The van der Waals surface area contributed by atoms with Crippen LogP contribution >= 0.6 is 12.4 Å². The monoisotopic (exact) mass is 429 g/mol. The Kier molecular flexibility index (Phi) is 9.37. The van der Waals surface area contributed by atoms with Crippen LogP contribution in [0.4, 0.5) is 10.1 Å². The molecule has 154 valence electrons. The van der Waals surface area contributed by atoms with E-state index in [4.69, 9.17) is 5.73 Å². The van der Waals surface area contributed by atoms with Crippen molar-refractivity contribution in [1.82, 2.24) is 5.32 Å². The molecule has 0 radical (unpaired) electrons. The maximum absolute atomic E-state index is 12.9. The maximum Gasteiger partial charge on any atom is 0.261 e. The van der Waals surface area contributed by atoms with Gasteiger partial charge in [-0.2, -0.15) is 0 Å². The molecule has 0 aliphatic rings. The van der Waals surface area contributed by atoms with Crippen LogP contribution in [-0.2, 0) is 10.0 Å². The Bertz CT molecular complexity index is 859. The minimum Gasteiger partial charge on any atom is -0.348 e. The minimum absolute atomic E-state index is 0. The van der Waals surface area contributed by atoms with Crippen LogP contribution in [-0.4, -0.2) is 26.9 Å². The van der Waals surface area contributed by atoms with Crippen LogP contribution in [0.15, 0.2) is 53.4 Å². The van der Waals surface area contributed by atoms with E-state index in [-0.39, 0.29) is 34.9 Å². The molecule has 1 amide bonds. The van der Waals surface area contributed by atoms with Gasteiger partial charge in [-0.25, -0.2) is 12.8 Å². The summed E-state index contributed by atoms with van der Waals surface area (Å²) >= 11 is 0. The molecule has 9 heteroatoms. The largest absolute Gasteiger partial charge is 0.348 e. The predicted molar refractivity (Wildman–Crippen MR) is 111 cm³/mol. The van der Waals surface area contributed by atoms with E-state index in [2.05, 4.69) is 17.0 Å². The number of sulfonamides is 1. The molecular weight excluding hydrogens is 405 g/mol. The lowest BCUT2D eigenvalue weighted by atomic mass is 10.1. The van der Waals surface area contributed by atoms with E-state index in [1.807, 2.05) is 0 Å². The summed E-state index contributed by atoms with van der Waals surface area (Å²) in [7, 11) is -3.83. The van der Waals surface area contributed by atoms with Gasteiger partial charge in [0.25, 0.3) is 15.9 Å². The molecule has 0 saturated carbocycles. The minimum atomic E-state index is -3.83. The molecular formula is C19H25ClFN3O3S. The highest BCUT2D eigenvalue weighted by atomic mass is 35.5. The predicted octanol–water partition coefficient (Wildman–Crippen LogP) is 3.30. The lowest BCUT2D eigenvalue weighted by Crippen LogP contribution is -2.40. The first kappa shape index (κ1) is 23.9. The molecule has 0 aliphatic heterocycles. The van der Waals surface area contributed by atoms with E-state index in [1.54, 1.807) is 0 Å². The summed E-state index contributed by atoms with van der Waals surface area (Å²) in [4.78, 5) is 12.3. The van der Waals surface area contributed by atoms with Gasteiger partial charge in [-0.05, 0) is 55.0 Å². The fraction of sp³-hybridized carbons (Fsp3) is 0.316. The van der Waals surface area contributed by atoms with Gasteiger partial charge in [0.05, 0.1) is 4.90 Å². The van der Waals surface area contributed by atoms with Crippen molar-refractivity contribution < 1.29 is 17.6 Å². The van der Waals surface area contributed by atoms with Crippen molar-refractivity contribution in [2.24, 2.45) is 5.73 Å². The third-order valence-electron chi connectivity index (χ3n) is 4.05. The van der Waals surface area contributed by atoms with Gasteiger partial charge in [-0.1, -0.05) is 19.8 Å². The molecule has 1 unspecified atom stereocenters. The Morgan fingerprint density at radius 1 is 1.11 bits per heavy atom. The van der Waals surface area contributed by atoms with Gasteiger partial charge in [0.15, 0.2) is 0 Å². The molecule has 28 heavy (non-hydrogen) atoms. The van der Waals surface area contributed by atoms with Gasteiger partial charge < -0.3 is 11.1 Å². The number of nitrogens with two attached hydrogens (primary N) is 1. The van der Waals surface area contributed by atoms with Crippen molar-refractivity contribution in [3.8, 4) is 0 Å². The molecule has 6 nitrogen and oxygen atoms in total. The quantitative estimate of drug-likeness (QED) is 0.569. The number of hydrogen-bond acceptors (Lipinski definition) is 4. The number of anilines is 1. The molecule has 2 aromatic carbocycles. The molecule has 2 rings (SSSR count). The number of halogens is 2. The number of rotatable bonds is 9. The van der Waals surface area contributed by atoms with Crippen molar-refractivity contribution in [3.05, 3.63) is 59.9 Å². The average Bonchev–Trinajstić information content (AvgIpc) is 2.66. The molecule has 2 aromatic rings. The molecule has 0 heterocycles. The third-order valence-corrected chi connectivity index (χ3v) is 5.45. The van der Waals surface area contributed by atoms with Crippen LogP contribution in [0.25, 0.3) is 0 Å². The van der Waals surface area contributed by atoms with Crippen molar-refractivity contribution in [1.29, 1.82) is 0 Å². The molecule has 0 spiro atoms. The second-order valence-electron chi connectivity index (χ2n) is 6.19. The fourth-order valence-electron chi connectivity index (χ4n) is 2.49. The lowest BCUT2D eigenvalue weighted by molar-refractivity contribution is 0.0935. The topological polar surface area (TPSA) is 101 Å². The van der Waals surface area contributed by atoms with E-state index >= 15 is 0 Å². The third kappa shape index (κ3) is 6.78. The van der Waals surface area contributed by atoms with Crippen LogP contribution in [0.2, 0.25) is 0 Å². The summed E-state index contributed by atoms with van der Waals surface area (Å²) in [6, 6.07) is 10.5. The van der Waals surface area contributed by atoms with Crippen LogP contribution in [0.5, 0.6) is 0 Å². The first-order valence-corrected chi connectivity index (χ1v) is 10.2. The molecule has 0 saturated heterocycles. The van der Waals surface area contributed by atoms with Crippen LogP contribution in [0, 0.1) is 5.82 Å². The highest BCUT2D eigenvalue weighted by Gasteiger charge is 2.16. The van der Waals surface area contributed by atoms with Gasteiger partial charge in [0.1, 0.15) is 5.82 Å². The Balaban J connectivity index is 0.00000392. The van der Waals surface area contributed by atoms with E-state index in [0.29, 0.717) is 12.1 Å². The smallest absolute Gasteiger partial charge is 0.261 e. The second-order valence-corrected chi connectivity index (χ2v) is 7.87. The average molecular weight is 430 g/mol. The first-order chi connectivity index (χ1) is 12.9. The fourth-order valence-corrected chi connectivity index (χ4v) is 3.54. The summed E-state index contributed by atoms with van der Waals surface area (Å²) in [5.41, 5.74) is 6.28. The summed E-state index contributed by atoms with van der Waals surface area (Å²) < 4.78 is 40.1. The van der Waals surface area contributed by atoms with Crippen molar-refractivity contribution >= 4 is 34.0 Å². The van der Waals surface area contributed by atoms with Gasteiger partial charge >= 0.3 is 0 Å². The molecule has 0 aromatic heterocycles. The Morgan fingerprint density at radius 2 is 1.71 bits per heavy atom. The van der Waals surface area contributed by atoms with Crippen molar-refractivity contribution in [2.45, 2.75) is 37.1 Å². The van der Waals surface area contributed by atoms with Crippen molar-refractivity contribution in [3.63, 3.8) is 0 Å². The van der Waals surface area contributed by atoms with Gasteiger partial charge in [-0.15, -0.1) is 12.4 Å². The zero-order valence-corrected chi connectivity index (χ0v) is 17.2. The highest BCUT2D eigenvalue weighted by molar-refractivity contribution is 7.92. The van der Waals surface area contributed by atoms with E-state index in [1.165, 1.54) is 36.4 Å². The summed E-state index contributed by atoms with van der Waals surface area (Å²) in [5, 5.41) is 2.86. The molecule has 0 fully saturated rings. The summed E-state index contributed by atoms with van der Waals surface area (Å²) in [6.45, 7) is 2.41. The van der Waals surface area contributed by atoms with Crippen molar-refractivity contribution in [2.75, 3.05) is 11.3 Å². The Labute approximate surface area is 171 Å². The normalized spacial score (nSPS) is 12.0. The second kappa shape index (κ2) is 11.0. The molecule has 4 N–H and O–H groups in total. The lowest BCUT2D eigenvalue weighted by Gasteiger charge is -2.16. The Hall–Kier alpha value is -2.16. The number of nitrogens with one attached hydrogen (secondary N) is 2. The maximum atomic E-state index is 12.9. The number of unbranched alkanes of at least 4 members (excludes halogenated alkanes) is 1. The molecule has 0 aliphatic carbocycles. The highest BCUT2D eigenvalue weighted by Crippen LogP contribution is 2.17. The molecule has 1 atom stereocenters. The first-order valence-electron chi connectivity index (χ1n) is 8.75. The number of benzene rings is 2. The summed E-state index contributed by atoms with van der Waals surface area (Å²) in [5.74, 6) is -0.750. The zero-order valence-electron chi connectivity index (χ0n) is 15.5. The number of amides is 1. The van der Waals surface area contributed by atoms with E-state index in [9.17, 15) is 17.6 Å². The van der Waals surface area contributed by atoms with Gasteiger partial charge in [-0.3, -0.25) is 9.52 Å². The standard InChI is InChI=1S/C19H24FN3O3S.ClH/c1-2-3-4-17(13-21)22-19(24)14-5-11-18(12-6-14)27(25,26)23-16-9-7-15(20)8-10-16;/h5-12,17,23H,2-4,13,21H2,1H3,(H,22,24);1H. The van der Waals surface area contributed by atoms with E-state index < -0.39 is 15.8 Å². The van der Waals surface area contributed by atoms with Gasteiger partial charge in [0.2, 0.25) is 0 Å².